The van der Waals surface area contributed by atoms with Crippen molar-refractivity contribution in [2.24, 2.45) is 23.7 Å². The highest BCUT2D eigenvalue weighted by atomic mass is 31.2. The highest BCUT2D eigenvalue weighted by Gasteiger charge is 2.30. The summed E-state index contributed by atoms with van der Waals surface area (Å²) >= 11 is 0. The summed E-state index contributed by atoms with van der Waals surface area (Å²) in [5.41, 5.74) is 0. The number of esters is 4. The maximum Gasteiger partial charge on any atom is 0.472 e. The van der Waals surface area contributed by atoms with Crippen molar-refractivity contribution in [1.82, 2.24) is 0 Å². The third kappa shape index (κ3) is 58.2. The maximum absolute atomic E-state index is 13.0. The molecule has 19 heteroatoms. The fourth-order valence-corrected chi connectivity index (χ4v) is 11.3. The molecule has 4 unspecified atom stereocenters. The van der Waals surface area contributed by atoms with E-state index in [4.69, 9.17) is 37.0 Å². The van der Waals surface area contributed by atoms with E-state index in [1.807, 2.05) is 0 Å². The zero-order chi connectivity index (χ0) is 63.2. The van der Waals surface area contributed by atoms with E-state index in [9.17, 15) is 43.2 Å². The number of hydrogen-bond donors (Lipinski definition) is 3. The second kappa shape index (κ2) is 56.1. The summed E-state index contributed by atoms with van der Waals surface area (Å²) in [7, 11) is -9.89. The average molecular weight is 1260 g/mol. The fraction of sp³-hybridized carbons (Fsp3) is 0.939. The van der Waals surface area contributed by atoms with Crippen LogP contribution in [0.15, 0.2) is 0 Å². The van der Waals surface area contributed by atoms with Crippen LogP contribution >= 0.6 is 15.6 Å². The SMILES string of the molecule is CCC(C)CCCCCCCCCCCCC(=O)O[C@H](COC(=O)CCCCCCCCC(C)CC)COP(=O)(O)OC[C@H](O)COP(=O)(O)OC[C@@H](COC(=O)CCCCCCCCCC(C)C)OC(=O)CCCCCCCCCCC(C)C. The number of phosphoric ester groups is 2. The molecule has 0 aliphatic rings. The standard InChI is InChI=1S/C66H128O17P2/c1-9-58(7)44-36-28-20-13-11-12-14-21-32-40-48-65(70)82-62(53-77-64(69)47-39-31-25-24-29-37-45-59(8)10-2)55-81-85(74,75)79-51-60(67)50-78-84(72,73)80-54-61(52-76-63(68)46-38-30-23-17-19-27-35-43-57(5)6)83-66(71)49-41-33-22-16-15-18-26-34-42-56(3)4/h56-62,67H,9-55H2,1-8H3,(H,72,73)(H,74,75)/t58?,59?,60-,61-,62-/m1/s1. The lowest BCUT2D eigenvalue weighted by atomic mass is 9.99. The van der Waals surface area contributed by atoms with Crippen LogP contribution in [0.3, 0.4) is 0 Å². The third-order valence-corrected chi connectivity index (χ3v) is 17.7. The first kappa shape index (κ1) is 83.1. The Balaban J connectivity index is 5.26. The lowest BCUT2D eigenvalue weighted by Gasteiger charge is -2.21. The van der Waals surface area contributed by atoms with Crippen molar-refractivity contribution in [3.8, 4) is 0 Å². The summed E-state index contributed by atoms with van der Waals surface area (Å²) in [6.45, 7) is 14.0. The van der Waals surface area contributed by atoms with Crippen LogP contribution in [-0.2, 0) is 65.4 Å². The topological polar surface area (TPSA) is 237 Å². The summed E-state index contributed by atoms with van der Waals surface area (Å²) in [6, 6.07) is 0. The summed E-state index contributed by atoms with van der Waals surface area (Å²) < 4.78 is 68.1. The van der Waals surface area contributed by atoms with E-state index >= 15 is 0 Å². The van der Waals surface area contributed by atoms with Gasteiger partial charge in [-0.25, -0.2) is 9.13 Å². The first-order chi connectivity index (χ1) is 40.7. The normalized spacial score (nSPS) is 15.0. The molecule has 0 spiro atoms. The van der Waals surface area contributed by atoms with E-state index in [0.717, 1.165) is 120 Å². The molecule has 0 saturated heterocycles. The van der Waals surface area contributed by atoms with Crippen molar-refractivity contribution >= 4 is 39.5 Å². The van der Waals surface area contributed by atoms with Gasteiger partial charge in [0.15, 0.2) is 12.2 Å². The third-order valence-electron chi connectivity index (χ3n) is 15.8. The van der Waals surface area contributed by atoms with Crippen LogP contribution < -0.4 is 0 Å². The molecule has 0 aromatic rings. The first-order valence-corrected chi connectivity index (χ1v) is 37.3. The van der Waals surface area contributed by atoms with Gasteiger partial charge in [0.2, 0.25) is 0 Å². The Kier molecular flexibility index (Phi) is 54.8. The maximum atomic E-state index is 13.0. The van der Waals surface area contributed by atoms with Crippen LogP contribution in [-0.4, -0.2) is 96.7 Å². The fourth-order valence-electron chi connectivity index (χ4n) is 9.72. The van der Waals surface area contributed by atoms with Crippen LogP contribution in [0.5, 0.6) is 0 Å². The Bertz CT molecular complexity index is 1700. The van der Waals surface area contributed by atoms with E-state index < -0.39 is 97.5 Å². The minimum absolute atomic E-state index is 0.103. The van der Waals surface area contributed by atoms with Crippen molar-refractivity contribution in [2.75, 3.05) is 39.6 Å². The van der Waals surface area contributed by atoms with Crippen molar-refractivity contribution in [1.29, 1.82) is 0 Å². The van der Waals surface area contributed by atoms with Gasteiger partial charge in [-0.3, -0.25) is 37.3 Å². The molecule has 504 valence electrons. The molecule has 0 rings (SSSR count). The summed E-state index contributed by atoms with van der Waals surface area (Å²) in [5.74, 6) is 0.819. The first-order valence-electron chi connectivity index (χ1n) is 34.3. The summed E-state index contributed by atoms with van der Waals surface area (Å²) in [5, 5.41) is 10.6. The van der Waals surface area contributed by atoms with Crippen LogP contribution in [0.4, 0.5) is 0 Å². The van der Waals surface area contributed by atoms with Gasteiger partial charge in [-0.1, -0.05) is 267 Å². The number of carbonyl (C=O) groups is 4. The van der Waals surface area contributed by atoms with E-state index in [0.29, 0.717) is 31.6 Å². The number of aliphatic hydroxyl groups is 1. The van der Waals surface area contributed by atoms with Crippen molar-refractivity contribution in [3.63, 3.8) is 0 Å². The lowest BCUT2D eigenvalue weighted by Crippen LogP contribution is -2.30. The van der Waals surface area contributed by atoms with Gasteiger partial charge >= 0.3 is 39.5 Å². The molecule has 0 radical (unpaired) electrons. The van der Waals surface area contributed by atoms with Gasteiger partial charge in [-0.05, 0) is 49.4 Å². The van der Waals surface area contributed by atoms with Crippen molar-refractivity contribution < 1.29 is 80.2 Å². The van der Waals surface area contributed by atoms with Crippen LogP contribution in [0, 0.1) is 23.7 Å². The molecular weight excluding hydrogens is 1130 g/mol. The van der Waals surface area contributed by atoms with Gasteiger partial charge < -0.3 is 33.8 Å². The van der Waals surface area contributed by atoms with Crippen molar-refractivity contribution in [2.45, 2.75) is 337 Å². The molecule has 0 aliphatic heterocycles. The predicted molar refractivity (Wildman–Crippen MR) is 340 cm³/mol. The molecule has 0 heterocycles. The van der Waals surface area contributed by atoms with Gasteiger partial charge in [0.25, 0.3) is 0 Å². The van der Waals surface area contributed by atoms with Crippen LogP contribution in [0.2, 0.25) is 0 Å². The minimum Gasteiger partial charge on any atom is -0.462 e. The Morgan fingerprint density at radius 3 is 0.835 bits per heavy atom. The number of unbranched alkanes of at least 4 members (excludes halogenated alkanes) is 27. The molecule has 3 N–H and O–H groups in total. The zero-order valence-electron chi connectivity index (χ0n) is 55.2. The molecule has 0 saturated carbocycles. The van der Waals surface area contributed by atoms with E-state index in [1.165, 1.54) is 109 Å². The van der Waals surface area contributed by atoms with Gasteiger partial charge in [-0.15, -0.1) is 0 Å². The minimum atomic E-state index is -4.95. The smallest absolute Gasteiger partial charge is 0.462 e. The van der Waals surface area contributed by atoms with Crippen LogP contribution in [0.1, 0.15) is 319 Å². The molecule has 0 aromatic carbocycles. The zero-order valence-corrected chi connectivity index (χ0v) is 57.0. The van der Waals surface area contributed by atoms with Gasteiger partial charge in [0, 0.05) is 25.7 Å². The number of aliphatic hydroxyl groups excluding tert-OH is 1. The molecule has 0 fully saturated rings. The van der Waals surface area contributed by atoms with E-state index in [-0.39, 0.29) is 25.7 Å². The molecule has 0 bridgehead atoms. The number of phosphoric acid groups is 2. The monoisotopic (exact) mass is 1250 g/mol. The lowest BCUT2D eigenvalue weighted by molar-refractivity contribution is -0.161. The number of rotatable bonds is 63. The molecular formula is C66H128O17P2. The number of hydrogen-bond acceptors (Lipinski definition) is 15. The van der Waals surface area contributed by atoms with Gasteiger partial charge in [0.05, 0.1) is 26.4 Å². The highest BCUT2D eigenvalue weighted by molar-refractivity contribution is 7.47. The average Bonchev–Trinajstić information content (AvgIpc) is 3.56. The van der Waals surface area contributed by atoms with Crippen molar-refractivity contribution in [3.05, 3.63) is 0 Å². The van der Waals surface area contributed by atoms with Gasteiger partial charge in [-0.2, -0.15) is 0 Å². The van der Waals surface area contributed by atoms with E-state index in [1.54, 1.807) is 0 Å². The Morgan fingerprint density at radius 2 is 0.565 bits per heavy atom. The predicted octanol–water partition coefficient (Wildman–Crippen LogP) is 18.1. The van der Waals surface area contributed by atoms with E-state index in [2.05, 4.69) is 55.4 Å². The second-order valence-corrected chi connectivity index (χ2v) is 28.2. The van der Waals surface area contributed by atoms with Gasteiger partial charge in [0.1, 0.15) is 19.3 Å². The number of carbonyl (C=O) groups excluding carboxylic acids is 4. The second-order valence-electron chi connectivity index (χ2n) is 25.3. The molecule has 0 aromatic heterocycles. The molecule has 0 aliphatic carbocycles. The quantitative estimate of drug-likeness (QED) is 0.0222. The summed E-state index contributed by atoms with van der Waals surface area (Å²) in [6.07, 6.45) is 36.2. The molecule has 17 nitrogen and oxygen atoms in total. The summed E-state index contributed by atoms with van der Waals surface area (Å²) in [4.78, 5) is 72.3. The largest absolute Gasteiger partial charge is 0.472 e. The Labute approximate surface area is 517 Å². The van der Waals surface area contributed by atoms with Crippen LogP contribution in [0.25, 0.3) is 0 Å². The molecule has 0 amide bonds. The molecule has 85 heavy (non-hydrogen) atoms. The number of ether oxygens (including phenoxy) is 4. The molecule has 7 atom stereocenters. The Morgan fingerprint density at radius 1 is 0.329 bits per heavy atom. The Hall–Kier alpha value is -1.94. The highest BCUT2D eigenvalue weighted by Crippen LogP contribution is 2.45.